The molecule has 5 nitrogen and oxygen atoms in total. The standard InChI is InChI=1S/C12H23N3O2/c1-2-10(12(13)15-17)14-11(16)8-7-9-5-3-4-6-9/h9-10,17H,2-8H2,1H3,(H2,13,15)(H,14,16). The maximum atomic E-state index is 11.7. The lowest BCUT2D eigenvalue weighted by Crippen LogP contribution is -2.44. The Hall–Kier alpha value is -1.26. The summed E-state index contributed by atoms with van der Waals surface area (Å²) in [7, 11) is 0. The molecule has 0 aromatic carbocycles. The van der Waals surface area contributed by atoms with Crippen LogP contribution >= 0.6 is 0 Å². The molecule has 1 unspecified atom stereocenters. The van der Waals surface area contributed by atoms with Gasteiger partial charge in [-0.2, -0.15) is 0 Å². The van der Waals surface area contributed by atoms with Crippen molar-refractivity contribution >= 4 is 11.7 Å². The van der Waals surface area contributed by atoms with Gasteiger partial charge in [0.15, 0.2) is 5.84 Å². The molecular weight excluding hydrogens is 218 g/mol. The number of nitrogens with zero attached hydrogens (tertiary/aromatic N) is 1. The minimum Gasteiger partial charge on any atom is -0.409 e. The fourth-order valence-electron chi connectivity index (χ4n) is 2.36. The van der Waals surface area contributed by atoms with E-state index in [1.54, 1.807) is 0 Å². The third kappa shape index (κ3) is 4.63. The summed E-state index contributed by atoms with van der Waals surface area (Å²) < 4.78 is 0. The molecule has 1 rings (SSSR count). The van der Waals surface area contributed by atoms with Crippen LogP contribution in [0, 0.1) is 5.92 Å². The van der Waals surface area contributed by atoms with Crippen molar-refractivity contribution in [2.75, 3.05) is 0 Å². The summed E-state index contributed by atoms with van der Waals surface area (Å²) in [6, 6.07) is -0.351. The highest BCUT2D eigenvalue weighted by atomic mass is 16.4. The fourth-order valence-corrected chi connectivity index (χ4v) is 2.36. The molecule has 5 heteroatoms. The van der Waals surface area contributed by atoms with Gasteiger partial charge in [-0.15, -0.1) is 0 Å². The molecule has 4 N–H and O–H groups in total. The molecule has 0 aromatic rings. The van der Waals surface area contributed by atoms with Gasteiger partial charge < -0.3 is 16.3 Å². The predicted octanol–water partition coefficient (Wildman–Crippen LogP) is 1.60. The number of rotatable bonds is 6. The first kappa shape index (κ1) is 13.8. The Morgan fingerprint density at radius 1 is 1.53 bits per heavy atom. The number of hydrogen-bond acceptors (Lipinski definition) is 3. The van der Waals surface area contributed by atoms with Crippen molar-refractivity contribution in [3.8, 4) is 0 Å². The summed E-state index contributed by atoms with van der Waals surface area (Å²) in [5.41, 5.74) is 5.48. The Morgan fingerprint density at radius 3 is 2.71 bits per heavy atom. The minimum absolute atomic E-state index is 0.00431. The van der Waals surface area contributed by atoms with Crippen LogP contribution in [0.5, 0.6) is 0 Å². The van der Waals surface area contributed by atoms with E-state index in [2.05, 4.69) is 10.5 Å². The van der Waals surface area contributed by atoms with Crippen molar-refractivity contribution in [2.24, 2.45) is 16.8 Å². The lowest BCUT2D eigenvalue weighted by molar-refractivity contribution is -0.121. The van der Waals surface area contributed by atoms with Gasteiger partial charge in [-0.05, 0) is 18.8 Å². The second kappa shape index (κ2) is 7.14. The van der Waals surface area contributed by atoms with Crippen molar-refractivity contribution in [1.82, 2.24) is 5.32 Å². The zero-order valence-corrected chi connectivity index (χ0v) is 10.5. The molecule has 0 radical (unpaired) electrons. The average Bonchev–Trinajstić information content (AvgIpc) is 2.85. The summed E-state index contributed by atoms with van der Waals surface area (Å²) in [6.07, 6.45) is 7.24. The number of amides is 1. The highest BCUT2D eigenvalue weighted by molar-refractivity contribution is 5.89. The number of hydrogen-bond donors (Lipinski definition) is 3. The quantitative estimate of drug-likeness (QED) is 0.285. The number of carbonyl (C=O) groups excluding carboxylic acids is 1. The molecular formula is C12H23N3O2. The van der Waals surface area contributed by atoms with Crippen LogP contribution in [0.2, 0.25) is 0 Å². The predicted molar refractivity (Wildman–Crippen MR) is 66.8 cm³/mol. The Labute approximate surface area is 102 Å². The van der Waals surface area contributed by atoms with Crippen molar-refractivity contribution < 1.29 is 10.0 Å². The van der Waals surface area contributed by atoms with Crippen LogP contribution in [0.4, 0.5) is 0 Å². The SMILES string of the molecule is CCC(NC(=O)CCC1CCCC1)/C(N)=N/O. The van der Waals surface area contributed by atoms with Crippen LogP contribution in [0.25, 0.3) is 0 Å². The molecule has 1 aliphatic carbocycles. The van der Waals surface area contributed by atoms with E-state index in [1.807, 2.05) is 6.92 Å². The summed E-state index contributed by atoms with van der Waals surface area (Å²) in [5.74, 6) is 0.779. The number of amidine groups is 1. The Kier molecular flexibility index (Phi) is 5.80. The van der Waals surface area contributed by atoms with Crippen LogP contribution in [0.15, 0.2) is 5.16 Å². The lowest BCUT2D eigenvalue weighted by atomic mass is 10.0. The first-order valence-electron chi connectivity index (χ1n) is 6.44. The first-order chi connectivity index (χ1) is 8.17. The summed E-state index contributed by atoms with van der Waals surface area (Å²) in [5, 5.41) is 14.3. The van der Waals surface area contributed by atoms with Crippen LogP contribution in [-0.2, 0) is 4.79 Å². The molecule has 0 saturated heterocycles. The molecule has 0 spiro atoms. The van der Waals surface area contributed by atoms with Crippen LogP contribution in [0.3, 0.4) is 0 Å². The van der Waals surface area contributed by atoms with E-state index in [1.165, 1.54) is 25.7 Å². The molecule has 1 aliphatic rings. The third-order valence-corrected chi connectivity index (χ3v) is 3.47. The van der Waals surface area contributed by atoms with E-state index < -0.39 is 0 Å². The van der Waals surface area contributed by atoms with Crippen molar-refractivity contribution in [3.63, 3.8) is 0 Å². The molecule has 1 atom stereocenters. The first-order valence-corrected chi connectivity index (χ1v) is 6.44. The van der Waals surface area contributed by atoms with E-state index in [4.69, 9.17) is 10.9 Å². The van der Waals surface area contributed by atoms with E-state index in [-0.39, 0.29) is 17.8 Å². The largest absolute Gasteiger partial charge is 0.409 e. The molecule has 98 valence electrons. The molecule has 0 heterocycles. The molecule has 1 saturated carbocycles. The maximum Gasteiger partial charge on any atom is 0.220 e. The Morgan fingerprint density at radius 2 is 2.18 bits per heavy atom. The molecule has 1 fully saturated rings. The van der Waals surface area contributed by atoms with Gasteiger partial charge in [0.2, 0.25) is 5.91 Å². The zero-order chi connectivity index (χ0) is 12.7. The summed E-state index contributed by atoms with van der Waals surface area (Å²) in [4.78, 5) is 11.7. The molecule has 0 aromatic heterocycles. The van der Waals surface area contributed by atoms with Crippen LogP contribution in [-0.4, -0.2) is 23.0 Å². The van der Waals surface area contributed by atoms with Crippen LogP contribution < -0.4 is 11.1 Å². The third-order valence-electron chi connectivity index (χ3n) is 3.47. The summed E-state index contributed by atoms with van der Waals surface area (Å²) >= 11 is 0. The molecule has 1 amide bonds. The molecule has 0 bridgehead atoms. The maximum absolute atomic E-state index is 11.7. The zero-order valence-electron chi connectivity index (χ0n) is 10.5. The number of nitrogens with two attached hydrogens (primary N) is 1. The topological polar surface area (TPSA) is 87.7 Å². The van der Waals surface area contributed by atoms with Gasteiger partial charge in [0.1, 0.15) is 0 Å². The van der Waals surface area contributed by atoms with E-state index in [0.29, 0.717) is 18.8 Å². The average molecular weight is 241 g/mol. The van der Waals surface area contributed by atoms with Gasteiger partial charge in [0, 0.05) is 6.42 Å². The molecule has 0 aliphatic heterocycles. The summed E-state index contributed by atoms with van der Waals surface area (Å²) in [6.45, 7) is 1.89. The smallest absolute Gasteiger partial charge is 0.220 e. The Balaban J connectivity index is 2.27. The van der Waals surface area contributed by atoms with E-state index >= 15 is 0 Å². The minimum atomic E-state index is -0.351. The van der Waals surface area contributed by atoms with E-state index in [9.17, 15) is 4.79 Å². The lowest BCUT2D eigenvalue weighted by Gasteiger charge is -2.16. The second-order valence-corrected chi connectivity index (χ2v) is 4.74. The highest BCUT2D eigenvalue weighted by Crippen LogP contribution is 2.28. The monoisotopic (exact) mass is 241 g/mol. The van der Waals surface area contributed by atoms with Crippen molar-refractivity contribution in [1.29, 1.82) is 0 Å². The van der Waals surface area contributed by atoms with E-state index in [0.717, 1.165) is 6.42 Å². The van der Waals surface area contributed by atoms with Gasteiger partial charge in [-0.1, -0.05) is 37.8 Å². The van der Waals surface area contributed by atoms with Crippen molar-refractivity contribution in [3.05, 3.63) is 0 Å². The second-order valence-electron chi connectivity index (χ2n) is 4.74. The molecule has 17 heavy (non-hydrogen) atoms. The number of nitrogens with one attached hydrogen (secondary N) is 1. The fraction of sp³-hybridized carbons (Fsp3) is 0.833. The van der Waals surface area contributed by atoms with Crippen molar-refractivity contribution in [2.45, 2.75) is 57.9 Å². The normalized spacial score (nSPS) is 19.2. The van der Waals surface area contributed by atoms with Gasteiger partial charge in [-0.25, -0.2) is 0 Å². The van der Waals surface area contributed by atoms with Gasteiger partial charge in [-0.3, -0.25) is 4.79 Å². The van der Waals surface area contributed by atoms with Crippen LogP contribution in [0.1, 0.15) is 51.9 Å². The van der Waals surface area contributed by atoms with Gasteiger partial charge in [0.05, 0.1) is 6.04 Å². The van der Waals surface area contributed by atoms with Gasteiger partial charge >= 0.3 is 0 Å². The Bertz CT molecular complexity index is 273. The van der Waals surface area contributed by atoms with Gasteiger partial charge in [0.25, 0.3) is 0 Å². The number of carbonyl (C=O) groups is 1. The number of oxime groups is 1. The highest BCUT2D eigenvalue weighted by Gasteiger charge is 2.18.